The van der Waals surface area contributed by atoms with E-state index in [0.29, 0.717) is 18.7 Å². The van der Waals surface area contributed by atoms with Crippen molar-refractivity contribution < 1.29 is 9.53 Å². The highest BCUT2D eigenvalue weighted by Crippen LogP contribution is 2.12. The van der Waals surface area contributed by atoms with Gasteiger partial charge in [0, 0.05) is 6.54 Å². The van der Waals surface area contributed by atoms with Gasteiger partial charge in [0.2, 0.25) is 0 Å². The van der Waals surface area contributed by atoms with E-state index < -0.39 is 12.0 Å². The molecule has 0 heterocycles. The zero-order valence-electron chi connectivity index (χ0n) is 8.77. The third-order valence-corrected chi connectivity index (χ3v) is 2.12. The van der Waals surface area contributed by atoms with E-state index in [1.54, 1.807) is 12.1 Å². The Labute approximate surface area is 89.2 Å². The normalized spacial score (nSPS) is 12.2. The number of hydrogen-bond acceptors (Lipinski definition) is 4. The number of esters is 1. The molecule has 0 aromatic heterocycles. The molecule has 0 amide bonds. The topological polar surface area (TPSA) is 78.3 Å². The van der Waals surface area contributed by atoms with Gasteiger partial charge in [-0.1, -0.05) is 19.1 Å². The summed E-state index contributed by atoms with van der Waals surface area (Å²) in [6.07, 6.45) is 0.569. The van der Waals surface area contributed by atoms with Crippen LogP contribution >= 0.6 is 0 Å². The fourth-order valence-corrected chi connectivity index (χ4v) is 1.05. The van der Waals surface area contributed by atoms with E-state index in [1.807, 2.05) is 19.1 Å². The first kappa shape index (κ1) is 11.7. The Morgan fingerprint density at radius 1 is 1.40 bits per heavy atom. The van der Waals surface area contributed by atoms with Crippen LogP contribution in [0.2, 0.25) is 0 Å². The highest BCUT2D eigenvalue weighted by Gasteiger charge is 2.12. The van der Waals surface area contributed by atoms with Gasteiger partial charge in [0.15, 0.2) is 0 Å². The second kappa shape index (κ2) is 5.48. The van der Waals surface area contributed by atoms with Crippen molar-refractivity contribution in [3.05, 3.63) is 29.8 Å². The van der Waals surface area contributed by atoms with Gasteiger partial charge in [0.1, 0.15) is 11.8 Å². The maximum absolute atomic E-state index is 11.3. The van der Waals surface area contributed by atoms with E-state index in [2.05, 4.69) is 0 Å². The fourth-order valence-electron chi connectivity index (χ4n) is 1.05. The second-order valence-electron chi connectivity index (χ2n) is 3.28. The molecule has 4 N–H and O–H groups in total. The van der Waals surface area contributed by atoms with Crippen LogP contribution in [-0.4, -0.2) is 12.0 Å². The molecule has 4 nitrogen and oxygen atoms in total. The molecule has 0 saturated carbocycles. The summed E-state index contributed by atoms with van der Waals surface area (Å²) in [5.41, 5.74) is 12.0. The molecule has 1 unspecified atom stereocenters. The van der Waals surface area contributed by atoms with Crippen LogP contribution in [0, 0.1) is 0 Å². The van der Waals surface area contributed by atoms with Gasteiger partial charge in [-0.15, -0.1) is 0 Å². The van der Waals surface area contributed by atoms with E-state index in [-0.39, 0.29) is 0 Å². The number of hydrogen-bond donors (Lipinski definition) is 2. The average Bonchev–Trinajstić information content (AvgIpc) is 2.29. The van der Waals surface area contributed by atoms with Crippen molar-refractivity contribution in [3.63, 3.8) is 0 Å². The Hall–Kier alpha value is -1.39. The van der Waals surface area contributed by atoms with Crippen molar-refractivity contribution in [2.75, 3.05) is 0 Å². The average molecular weight is 208 g/mol. The minimum absolute atomic E-state index is 0.405. The van der Waals surface area contributed by atoms with Gasteiger partial charge in [0.25, 0.3) is 0 Å². The van der Waals surface area contributed by atoms with Gasteiger partial charge in [0.05, 0.1) is 0 Å². The molecule has 1 aromatic carbocycles. The van der Waals surface area contributed by atoms with Gasteiger partial charge in [-0.25, -0.2) is 4.79 Å². The molecule has 0 fully saturated rings. The molecule has 0 bridgehead atoms. The van der Waals surface area contributed by atoms with Crippen LogP contribution < -0.4 is 16.2 Å². The van der Waals surface area contributed by atoms with Crippen molar-refractivity contribution in [3.8, 4) is 5.75 Å². The zero-order valence-corrected chi connectivity index (χ0v) is 8.77. The molecule has 0 aliphatic heterocycles. The Bertz CT molecular complexity index is 322. The van der Waals surface area contributed by atoms with E-state index in [9.17, 15) is 4.79 Å². The molecule has 4 heteroatoms. The molecule has 0 saturated heterocycles. The third kappa shape index (κ3) is 3.34. The lowest BCUT2D eigenvalue weighted by molar-refractivity contribution is -0.135. The first-order chi connectivity index (χ1) is 7.17. The smallest absolute Gasteiger partial charge is 0.328 e. The van der Waals surface area contributed by atoms with Crippen molar-refractivity contribution in [2.24, 2.45) is 11.5 Å². The number of ether oxygens (including phenoxy) is 1. The number of rotatable bonds is 4. The largest absolute Gasteiger partial charge is 0.425 e. The van der Waals surface area contributed by atoms with E-state index in [0.717, 1.165) is 5.56 Å². The second-order valence-corrected chi connectivity index (χ2v) is 3.28. The maximum Gasteiger partial charge on any atom is 0.328 e. The molecule has 0 spiro atoms. The molecule has 1 aromatic rings. The predicted octanol–water partition coefficient (Wildman–Crippen LogP) is 0.788. The summed E-state index contributed by atoms with van der Waals surface area (Å²) in [6, 6.07) is 6.50. The summed E-state index contributed by atoms with van der Waals surface area (Å²) in [6.45, 7) is 2.31. The summed E-state index contributed by atoms with van der Waals surface area (Å²) >= 11 is 0. The molecule has 0 radical (unpaired) electrons. The Morgan fingerprint density at radius 2 is 2.00 bits per heavy atom. The Morgan fingerprint density at radius 3 is 2.47 bits per heavy atom. The van der Waals surface area contributed by atoms with Crippen molar-refractivity contribution in [2.45, 2.75) is 25.9 Å². The molecular weight excluding hydrogens is 192 g/mol. The van der Waals surface area contributed by atoms with Gasteiger partial charge in [-0.05, 0) is 24.1 Å². The van der Waals surface area contributed by atoms with Crippen LogP contribution in [0.5, 0.6) is 5.75 Å². The van der Waals surface area contributed by atoms with E-state index in [4.69, 9.17) is 16.2 Å². The van der Waals surface area contributed by atoms with Gasteiger partial charge in [-0.3, -0.25) is 0 Å². The number of carbonyl (C=O) groups is 1. The van der Waals surface area contributed by atoms with Crippen LogP contribution in [0.25, 0.3) is 0 Å². The van der Waals surface area contributed by atoms with Crippen LogP contribution in [0.1, 0.15) is 18.9 Å². The minimum atomic E-state index is -0.556. The Kier molecular flexibility index (Phi) is 4.27. The SMILES string of the molecule is CCC(N)C(=O)Oc1ccc(CN)cc1. The van der Waals surface area contributed by atoms with Gasteiger partial charge < -0.3 is 16.2 Å². The van der Waals surface area contributed by atoms with Crippen molar-refractivity contribution in [1.29, 1.82) is 0 Å². The maximum atomic E-state index is 11.3. The molecule has 0 aliphatic rings. The van der Waals surface area contributed by atoms with Crippen LogP contribution in [0.3, 0.4) is 0 Å². The molecular formula is C11H16N2O2. The lowest BCUT2D eigenvalue weighted by Crippen LogP contribution is -2.33. The standard InChI is InChI=1S/C11H16N2O2/c1-2-10(13)11(14)15-9-5-3-8(7-12)4-6-9/h3-6,10H,2,7,12-13H2,1H3. The van der Waals surface area contributed by atoms with Crippen LogP contribution in [0.15, 0.2) is 24.3 Å². The monoisotopic (exact) mass is 208 g/mol. The summed E-state index contributed by atoms with van der Waals surface area (Å²) in [5.74, 6) is 0.0964. The van der Waals surface area contributed by atoms with E-state index >= 15 is 0 Å². The zero-order chi connectivity index (χ0) is 11.3. The molecule has 0 aliphatic carbocycles. The third-order valence-electron chi connectivity index (χ3n) is 2.12. The predicted molar refractivity (Wildman–Crippen MR) is 58.2 cm³/mol. The number of nitrogens with two attached hydrogens (primary N) is 2. The van der Waals surface area contributed by atoms with Crippen molar-refractivity contribution >= 4 is 5.97 Å². The first-order valence-corrected chi connectivity index (χ1v) is 4.93. The van der Waals surface area contributed by atoms with Gasteiger partial charge in [-0.2, -0.15) is 0 Å². The first-order valence-electron chi connectivity index (χ1n) is 4.93. The highest BCUT2D eigenvalue weighted by molar-refractivity contribution is 5.77. The quantitative estimate of drug-likeness (QED) is 0.566. The molecule has 82 valence electrons. The van der Waals surface area contributed by atoms with Gasteiger partial charge >= 0.3 is 5.97 Å². The van der Waals surface area contributed by atoms with Crippen LogP contribution in [-0.2, 0) is 11.3 Å². The summed E-state index contributed by atoms with van der Waals surface area (Å²) < 4.78 is 5.06. The number of carbonyl (C=O) groups excluding carboxylic acids is 1. The molecule has 1 rings (SSSR count). The summed E-state index contributed by atoms with van der Waals surface area (Å²) in [4.78, 5) is 11.3. The van der Waals surface area contributed by atoms with Crippen molar-refractivity contribution in [1.82, 2.24) is 0 Å². The Balaban J connectivity index is 2.61. The number of benzene rings is 1. The summed E-state index contributed by atoms with van der Waals surface area (Å²) in [5, 5.41) is 0. The highest BCUT2D eigenvalue weighted by atomic mass is 16.5. The molecule has 15 heavy (non-hydrogen) atoms. The lowest BCUT2D eigenvalue weighted by atomic mass is 10.2. The lowest BCUT2D eigenvalue weighted by Gasteiger charge is -2.08. The summed E-state index contributed by atoms with van der Waals surface area (Å²) in [7, 11) is 0. The molecule has 1 atom stereocenters. The fraction of sp³-hybridized carbons (Fsp3) is 0.364. The van der Waals surface area contributed by atoms with E-state index in [1.165, 1.54) is 0 Å². The minimum Gasteiger partial charge on any atom is -0.425 e. The van der Waals surface area contributed by atoms with Crippen LogP contribution in [0.4, 0.5) is 0 Å².